The van der Waals surface area contributed by atoms with Crippen molar-refractivity contribution >= 4 is 83.5 Å². The maximum atomic E-state index is 12.4. The first kappa shape index (κ1) is 21.9. The van der Waals surface area contributed by atoms with Crippen molar-refractivity contribution in [3.8, 4) is 5.75 Å². The van der Waals surface area contributed by atoms with Crippen LogP contribution in [0.3, 0.4) is 0 Å². The molecule has 1 N–H and O–H groups in total. The van der Waals surface area contributed by atoms with E-state index in [0.717, 1.165) is 36.0 Å². The largest absolute Gasteiger partial charge is 0.496 e. The first-order valence-electron chi connectivity index (χ1n) is 9.17. The Labute approximate surface area is 199 Å². The normalized spacial score (nSPS) is 12.4. The van der Waals surface area contributed by atoms with Crippen molar-refractivity contribution in [2.45, 2.75) is 16.5 Å². The zero-order valence-corrected chi connectivity index (χ0v) is 20.6. The van der Waals surface area contributed by atoms with Crippen LogP contribution < -0.4 is 10.1 Å². The number of benzene rings is 2. The smallest absolute Gasteiger partial charge is 0.239 e. The molecule has 2 aromatic heterocycles. The average Bonchev–Trinajstić information content (AvgIpc) is 3.41. The first-order chi connectivity index (χ1) is 15.0. The minimum absolute atomic E-state index is 0.0903. The second-order valence-corrected chi connectivity index (χ2v) is 10.8. The van der Waals surface area contributed by atoms with Gasteiger partial charge >= 0.3 is 0 Å². The van der Waals surface area contributed by atoms with E-state index >= 15 is 0 Å². The second-order valence-electron chi connectivity index (χ2n) is 6.36. The van der Waals surface area contributed by atoms with Crippen LogP contribution in [0.2, 0.25) is 0 Å². The molecule has 4 rings (SSSR count). The van der Waals surface area contributed by atoms with Crippen molar-refractivity contribution in [1.29, 1.82) is 0 Å². The van der Waals surface area contributed by atoms with Crippen LogP contribution in [0, 0.1) is 0 Å². The highest BCUT2D eigenvalue weighted by atomic mass is 79.9. The number of hydrogen-bond donors (Lipinski definition) is 1. The lowest BCUT2D eigenvalue weighted by Crippen LogP contribution is -2.22. The van der Waals surface area contributed by atoms with Crippen LogP contribution in [0.4, 0.5) is 10.8 Å². The number of hydrogen-bond acceptors (Lipinski definition) is 8. The van der Waals surface area contributed by atoms with Gasteiger partial charge in [-0.05, 0) is 43.3 Å². The van der Waals surface area contributed by atoms with E-state index in [0.29, 0.717) is 5.13 Å². The summed E-state index contributed by atoms with van der Waals surface area (Å²) in [5.41, 5.74) is 2.60. The van der Waals surface area contributed by atoms with E-state index in [9.17, 15) is 4.79 Å². The van der Waals surface area contributed by atoms with Gasteiger partial charge in [0.1, 0.15) is 5.75 Å². The van der Waals surface area contributed by atoms with Gasteiger partial charge in [0, 0.05) is 27.8 Å². The van der Waals surface area contributed by atoms with Crippen LogP contribution in [0.25, 0.3) is 10.2 Å². The van der Waals surface area contributed by atoms with E-state index in [1.165, 1.54) is 23.1 Å². The summed E-state index contributed by atoms with van der Waals surface area (Å²) in [5, 5.41) is 4.97. The molecule has 0 aliphatic rings. The molecular formula is C21H17BrN4O2S3. The molecule has 2 heterocycles. The van der Waals surface area contributed by atoms with Crippen LogP contribution >= 0.6 is 50.4 Å². The average molecular weight is 533 g/mol. The highest BCUT2D eigenvalue weighted by Crippen LogP contribution is 2.34. The van der Waals surface area contributed by atoms with Crippen molar-refractivity contribution in [2.75, 3.05) is 12.4 Å². The number of ether oxygens (including phenoxy) is 1. The van der Waals surface area contributed by atoms with Crippen molar-refractivity contribution in [1.82, 2.24) is 9.97 Å². The molecule has 1 unspecified atom stereocenters. The fourth-order valence-corrected chi connectivity index (χ4v) is 5.82. The topological polar surface area (TPSA) is 76.5 Å². The minimum Gasteiger partial charge on any atom is -0.496 e. The van der Waals surface area contributed by atoms with E-state index in [2.05, 4.69) is 36.2 Å². The molecule has 0 spiro atoms. The van der Waals surface area contributed by atoms with Crippen molar-refractivity contribution in [2.24, 2.45) is 4.99 Å². The molecule has 31 heavy (non-hydrogen) atoms. The Bertz CT molecular complexity index is 1240. The van der Waals surface area contributed by atoms with Crippen molar-refractivity contribution in [3.63, 3.8) is 0 Å². The third-order valence-electron chi connectivity index (χ3n) is 4.21. The molecule has 4 aromatic rings. The molecule has 1 atom stereocenters. The molecule has 0 aliphatic heterocycles. The van der Waals surface area contributed by atoms with E-state index in [-0.39, 0.29) is 11.2 Å². The van der Waals surface area contributed by atoms with Gasteiger partial charge in [0.2, 0.25) is 5.91 Å². The molecule has 6 nitrogen and oxygen atoms in total. The summed E-state index contributed by atoms with van der Waals surface area (Å²) >= 11 is 7.86. The Morgan fingerprint density at radius 3 is 2.97 bits per heavy atom. The summed E-state index contributed by atoms with van der Waals surface area (Å²) in [4.78, 5) is 25.7. The van der Waals surface area contributed by atoms with E-state index in [1.54, 1.807) is 30.9 Å². The molecule has 0 saturated carbocycles. The van der Waals surface area contributed by atoms with Gasteiger partial charge in [0.25, 0.3) is 0 Å². The van der Waals surface area contributed by atoms with Crippen LogP contribution in [0.1, 0.15) is 12.5 Å². The molecule has 0 fully saturated rings. The highest BCUT2D eigenvalue weighted by molar-refractivity contribution is 9.10. The van der Waals surface area contributed by atoms with Gasteiger partial charge in [-0.15, -0.1) is 22.7 Å². The van der Waals surface area contributed by atoms with Gasteiger partial charge < -0.3 is 10.1 Å². The monoisotopic (exact) mass is 532 g/mol. The third kappa shape index (κ3) is 5.51. The number of rotatable bonds is 7. The zero-order valence-electron chi connectivity index (χ0n) is 16.5. The molecular weight excluding hydrogens is 516 g/mol. The number of fused-ring (bicyclic) bond motifs is 1. The minimum atomic E-state index is -0.286. The Hall–Kier alpha value is -2.27. The fraction of sp³-hybridized carbons (Fsp3) is 0.143. The number of thiazole rings is 2. The van der Waals surface area contributed by atoms with Crippen LogP contribution in [0.5, 0.6) is 5.75 Å². The van der Waals surface area contributed by atoms with Gasteiger partial charge in [-0.3, -0.25) is 9.79 Å². The van der Waals surface area contributed by atoms with Gasteiger partial charge in [-0.1, -0.05) is 27.7 Å². The number of thioether (sulfide) groups is 1. The van der Waals surface area contributed by atoms with Crippen LogP contribution in [-0.2, 0) is 4.79 Å². The number of aromatic nitrogens is 2. The molecule has 0 saturated heterocycles. The summed E-state index contributed by atoms with van der Waals surface area (Å²) in [5.74, 6) is 0.669. The fourth-order valence-electron chi connectivity index (χ4n) is 2.67. The number of nitrogens with zero attached hydrogens (tertiary/aromatic N) is 3. The van der Waals surface area contributed by atoms with Crippen LogP contribution in [0.15, 0.2) is 61.8 Å². The Balaban J connectivity index is 1.48. The van der Waals surface area contributed by atoms with E-state index in [1.807, 2.05) is 48.7 Å². The summed E-state index contributed by atoms with van der Waals surface area (Å²) < 4.78 is 8.21. The lowest BCUT2D eigenvalue weighted by atomic mass is 10.2. The summed E-state index contributed by atoms with van der Waals surface area (Å²) in [6, 6.07) is 11.7. The number of halogens is 1. The molecule has 0 bridgehead atoms. The van der Waals surface area contributed by atoms with Gasteiger partial charge in [0.15, 0.2) is 9.47 Å². The number of carbonyl (C=O) groups excluding carboxylic acids is 1. The highest BCUT2D eigenvalue weighted by Gasteiger charge is 2.18. The maximum absolute atomic E-state index is 12.4. The Kier molecular flexibility index (Phi) is 7.01. The molecule has 0 aliphatic carbocycles. The molecule has 158 valence electrons. The van der Waals surface area contributed by atoms with Crippen molar-refractivity contribution < 1.29 is 9.53 Å². The van der Waals surface area contributed by atoms with Crippen molar-refractivity contribution in [3.05, 3.63) is 58.0 Å². The number of aliphatic imine (C=N–C) groups is 1. The summed E-state index contributed by atoms with van der Waals surface area (Å²) in [6.45, 7) is 1.86. The lowest BCUT2D eigenvalue weighted by molar-refractivity contribution is -0.115. The molecule has 1 amide bonds. The number of amides is 1. The lowest BCUT2D eigenvalue weighted by Gasteiger charge is -2.07. The molecule has 10 heteroatoms. The molecule has 2 aromatic carbocycles. The summed E-state index contributed by atoms with van der Waals surface area (Å²) in [6.07, 6.45) is 3.45. The number of carbonyl (C=O) groups is 1. The third-order valence-corrected chi connectivity index (χ3v) is 7.60. The summed E-state index contributed by atoms with van der Waals surface area (Å²) in [7, 11) is 1.64. The van der Waals surface area contributed by atoms with Gasteiger partial charge in [-0.25, -0.2) is 9.97 Å². The van der Waals surface area contributed by atoms with Gasteiger partial charge in [-0.2, -0.15) is 0 Å². The number of nitrogens with one attached hydrogen (secondary N) is 1. The second kappa shape index (κ2) is 9.90. The zero-order chi connectivity index (χ0) is 21.8. The predicted octanol–water partition coefficient (Wildman–Crippen LogP) is 6.39. The van der Waals surface area contributed by atoms with Gasteiger partial charge in [0.05, 0.1) is 28.3 Å². The quantitative estimate of drug-likeness (QED) is 0.220. The first-order valence-corrected chi connectivity index (χ1v) is 12.5. The van der Waals surface area contributed by atoms with E-state index < -0.39 is 0 Å². The van der Waals surface area contributed by atoms with E-state index in [4.69, 9.17) is 4.74 Å². The predicted molar refractivity (Wildman–Crippen MR) is 134 cm³/mol. The number of methoxy groups -OCH3 is 1. The standard InChI is InChI=1S/C21H17BrN4O2S3/c1-12(19(27)26-20-23-7-8-29-20)30-21-25-16-5-4-15(10-18(16)31-21)24-11-13-9-14(22)3-6-17(13)28-2/h3-12H,1-2H3,(H,23,26,27). The number of anilines is 1. The molecule has 0 radical (unpaired) electrons. The van der Waals surface area contributed by atoms with Crippen LogP contribution in [-0.4, -0.2) is 34.4 Å². The maximum Gasteiger partial charge on any atom is 0.239 e. The SMILES string of the molecule is COc1ccc(Br)cc1C=Nc1ccc2nc(SC(C)C(=O)Nc3nccs3)sc2c1. The Morgan fingerprint density at radius 2 is 2.19 bits per heavy atom. The Morgan fingerprint density at radius 1 is 1.32 bits per heavy atom.